The maximum absolute atomic E-state index is 12.4. The first-order valence-corrected chi connectivity index (χ1v) is 9.62. The highest BCUT2D eigenvalue weighted by atomic mass is 32.2. The molecule has 6 heteroatoms. The number of thioether (sulfide) groups is 1. The number of hydrogen-bond acceptors (Lipinski definition) is 5. The summed E-state index contributed by atoms with van der Waals surface area (Å²) in [5.41, 5.74) is 1.33. The van der Waals surface area contributed by atoms with Crippen molar-refractivity contribution in [3.05, 3.63) is 26.6 Å². The summed E-state index contributed by atoms with van der Waals surface area (Å²) < 4.78 is 0. The zero-order chi connectivity index (χ0) is 14.2. The molecule has 4 rings (SSSR count). The van der Waals surface area contributed by atoms with Gasteiger partial charge >= 0.3 is 0 Å². The molecule has 1 N–H and O–H groups in total. The average Bonchev–Trinajstić information content (AvgIpc) is 2.92. The van der Waals surface area contributed by atoms with Gasteiger partial charge in [0.1, 0.15) is 10.7 Å². The summed E-state index contributed by atoms with van der Waals surface area (Å²) in [6, 6.07) is 0. The van der Waals surface area contributed by atoms with Gasteiger partial charge in [0.2, 0.25) is 0 Å². The van der Waals surface area contributed by atoms with E-state index in [2.05, 4.69) is 9.88 Å². The van der Waals surface area contributed by atoms with Gasteiger partial charge in [-0.05, 0) is 43.5 Å². The quantitative estimate of drug-likeness (QED) is 0.923. The molecular formula is C15H19N3OS2. The molecule has 1 aliphatic heterocycles. The van der Waals surface area contributed by atoms with E-state index in [-0.39, 0.29) is 5.56 Å². The van der Waals surface area contributed by atoms with Crippen LogP contribution in [0.2, 0.25) is 0 Å². The Labute approximate surface area is 132 Å². The number of aryl methyl sites for hydroxylation is 2. The third-order valence-corrected chi connectivity index (χ3v) is 6.55. The van der Waals surface area contributed by atoms with Crippen LogP contribution in [-0.2, 0) is 19.4 Å². The predicted molar refractivity (Wildman–Crippen MR) is 89.5 cm³/mol. The van der Waals surface area contributed by atoms with Crippen molar-refractivity contribution in [1.82, 2.24) is 14.9 Å². The molecule has 112 valence electrons. The van der Waals surface area contributed by atoms with Gasteiger partial charge in [-0.1, -0.05) is 0 Å². The van der Waals surface area contributed by atoms with E-state index in [0.29, 0.717) is 0 Å². The first kappa shape index (κ1) is 13.8. The van der Waals surface area contributed by atoms with Crippen LogP contribution in [0, 0.1) is 0 Å². The fourth-order valence-electron chi connectivity index (χ4n) is 3.29. The lowest BCUT2D eigenvalue weighted by atomic mass is 10.2. The fraction of sp³-hybridized carbons (Fsp3) is 0.600. The van der Waals surface area contributed by atoms with Crippen LogP contribution in [0.1, 0.15) is 29.1 Å². The molecule has 2 aromatic heterocycles. The van der Waals surface area contributed by atoms with Crippen molar-refractivity contribution in [1.29, 1.82) is 0 Å². The number of H-pyrrole nitrogens is 1. The van der Waals surface area contributed by atoms with Crippen molar-refractivity contribution in [2.45, 2.75) is 32.2 Å². The van der Waals surface area contributed by atoms with Gasteiger partial charge in [0.25, 0.3) is 5.56 Å². The number of aromatic nitrogens is 2. The molecule has 0 aromatic carbocycles. The van der Waals surface area contributed by atoms with Gasteiger partial charge in [-0.25, -0.2) is 4.98 Å². The third-order valence-electron chi connectivity index (χ3n) is 4.31. The van der Waals surface area contributed by atoms with Gasteiger partial charge in [-0.3, -0.25) is 9.69 Å². The van der Waals surface area contributed by atoms with E-state index < -0.39 is 0 Å². The van der Waals surface area contributed by atoms with Crippen LogP contribution in [0.3, 0.4) is 0 Å². The van der Waals surface area contributed by atoms with Crippen LogP contribution in [-0.4, -0.2) is 39.5 Å². The molecule has 0 spiro atoms. The Hall–Kier alpha value is -0.850. The Kier molecular flexibility index (Phi) is 3.77. The topological polar surface area (TPSA) is 49.0 Å². The largest absolute Gasteiger partial charge is 0.309 e. The second kappa shape index (κ2) is 5.74. The average molecular weight is 321 g/mol. The molecular weight excluding hydrogens is 302 g/mol. The van der Waals surface area contributed by atoms with E-state index in [4.69, 9.17) is 4.98 Å². The summed E-state index contributed by atoms with van der Waals surface area (Å²) >= 11 is 3.75. The SMILES string of the molecule is O=c1[nH]c(CN2CCCSCC2)nc2sc3c(c12)CCC3. The number of nitrogens with zero attached hydrogens (tertiary/aromatic N) is 2. The number of rotatable bonds is 2. The van der Waals surface area contributed by atoms with Gasteiger partial charge < -0.3 is 4.98 Å². The molecule has 2 aromatic rings. The van der Waals surface area contributed by atoms with Crippen molar-refractivity contribution in [2.75, 3.05) is 24.6 Å². The highest BCUT2D eigenvalue weighted by molar-refractivity contribution is 7.99. The highest BCUT2D eigenvalue weighted by Gasteiger charge is 2.21. The Bertz CT molecular complexity index is 714. The van der Waals surface area contributed by atoms with E-state index in [9.17, 15) is 4.79 Å². The molecule has 4 nitrogen and oxygen atoms in total. The maximum Gasteiger partial charge on any atom is 0.259 e. The Morgan fingerprint density at radius 1 is 1.19 bits per heavy atom. The Morgan fingerprint density at radius 3 is 3.10 bits per heavy atom. The van der Waals surface area contributed by atoms with Crippen LogP contribution < -0.4 is 5.56 Å². The Balaban J connectivity index is 1.65. The van der Waals surface area contributed by atoms with Crippen LogP contribution in [0.5, 0.6) is 0 Å². The lowest BCUT2D eigenvalue weighted by Crippen LogP contribution is -2.27. The van der Waals surface area contributed by atoms with Crippen LogP contribution in [0.15, 0.2) is 4.79 Å². The molecule has 0 saturated carbocycles. The first-order chi connectivity index (χ1) is 10.3. The van der Waals surface area contributed by atoms with Crippen molar-refractivity contribution in [3.63, 3.8) is 0 Å². The molecule has 3 heterocycles. The van der Waals surface area contributed by atoms with Crippen LogP contribution >= 0.6 is 23.1 Å². The lowest BCUT2D eigenvalue weighted by molar-refractivity contribution is 0.280. The van der Waals surface area contributed by atoms with Gasteiger partial charge in [-0.2, -0.15) is 11.8 Å². The molecule has 1 fully saturated rings. The number of thiophene rings is 1. The Morgan fingerprint density at radius 2 is 2.14 bits per heavy atom. The summed E-state index contributed by atoms with van der Waals surface area (Å²) in [5, 5.41) is 0.864. The van der Waals surface area contributed by atoms with Gasteiger partial charge in [0.15, 0.2) is 0 Å². The van der Waals surface area contributed by atoms with Crippen LogP contribution in [0.25, 0.3) is 10.2 Å². The van der Waals surface area contributed by atoms with Crippen molar-refractivity contribution in [3.8, 4) is 0 Å². The van der Waals surface area contributed by atoms with E-state index in [1.54, 1.807) is 11.3 Å². The van der Waals surface area contributed by atoms with Gasteiger partial charge in [0.05, 0.1) is 11.9 Å². The normalized spacial score (nSPS) is 19.8. The minimum absolute atomic E-state index is 0.0681. The molecule has 1 saturated heterocycles. The minimum Gasteiger partial charge on any atom is -0.309 e. The lowest BCUT2D eigenvalue weighted by Gasteiger charge is -2.18. The zero-order valence-corrected chi connectivity index (χ0v) is 13.6. The van der Waals surface area contributed by atoms with Crippen LogP contribution in [0.4, 0.5) is 0 Å². The number of fused-ring (bicyclic) bond motifs is 3. The second-order valence-electron chi connectivity index (χ2n) is 5.79. The molecule has 0 radical (unpaired) electrons. The maximum atomic E-state index is 12.4. The smallest absolute Gasteiger partial charge is 0.259 e. The summed E-state index contributed by atoms with van der Waals surface area (Å²) in [4.78, 5) is 24.9. The van der Waals surface area contributed by atoms with Crippen molar-refractivity contribution >= 4 is 33.3 Å². The van der Waals surface area contributed by atoms with E-state index in [0.717, 1.165) is 48.5 Å². The van der Waals surface area contributed by atoms with Gasteiger partial charge in [-0.15, -0.1) is 11.3 Å². The summed E-state index contributed by atoms with van der Waals surface area (Å²) in [7, 11) is 0. The summed E-state index contributed by atoms with van der Waals surface area (Å²) in [6.07, 6.45) is 4.57. The van der Waals surface area contributed by atoms with Crippen molar-refractivity contribution < 1.29 is 0 Å². The molecule has 2 aliphatic rings. The highest BCUT2D eigenvalue weighted by Crippen LogP contribution is 2.34. The van der Waals surface area contributed by atoms with E-state index in [1.807, 2.05) is 11.8 Å². The van der Waals surface area contributed by atoms with E-state index in [1.165, 1.54) is 34.8 Å². The molecule has 0 unspecified atom stereocenters. The third kappa shape index (κ3) is 2.64. The molecule has 21 heavy (non-hydrogen) atoms. The minimum atomic E-state index is 0.0681. The zero-order valence-electron chi connectivity index (χ0n) is 12.0. The second-order valence-corrected chi connectivity index (χ2v) is 8.10. The van der Waals surface area contributed by atoms with Gasteiger partial charge in [0, 0.05) is 17.2 Å². The monoisotopic (exact) mass is 321 g/mol. The number of nitrogens with one attached hydrogen (secondary N) is 1. The predicted octanol–water partition coefficient (Wildman–Crippen LogP) is 2.41. The first-order valence-electron chi connectivity index (χ1n) is 7.65. The molecule has 0 amide bonds. The number of aromatic amines is 1. The molecule has 0 atom stereocenters. The molecule has 1 aliphatic carbocycles. The van der Waals surface area contributed by atoms with Crippen molar-refractivity contribution in [2.24, 2.45) is 0 Å². The standard InChI is InChI=1S/C15H19N3OS2/c19-14-13-10-3-1-4-11(10)21-15(13)17-12(16-14)9-18-5-2-7-20-8-6-18/h1-9H2,(H,16,17,19). The van der Waals surface area contributed by atoms with E-state index >= 15 is 0 Å². The fourth-order valence-corrected chi connectivity index (χ4v) is 5.49. The summed E-state index contributed by atoms with van der Waals surface area (Å²) in [5.74, 6) is 3.26. The molecule has 0 bridgehead atoms. The number of hydrogen-bond donors (Lipinski definition) is 1. The summed E-state index contributed by atoms with van der Waals surface area (Å²) in [6.45, 7) is 2.97.